The summed E-state index contributed by atoms with van der Waals surface area (Å²) in [7, 11) is -9.62. The maximum atomic E-state index is 13.0. The molecule has 0 atom stereocenters. The van der Waals surface area contributed by atoms with Gasteiger partial charge in [0.25, 0.3) is 0 Å². The number of benzene rings is 4. The van der Waals surface area contributed by atoms with Gasteiger partial charge in [-0.25, -0.2) is 16.8 Å². The zero-order chi connectivity index (χ0) is 29.1. The van der Waals surface area contributed by atoms with E-state index in [1.165, 1.54) is 18.2 Å². The van der Waals surface area contributed by atoms with Crippen LogP contribution < -0.4 is 59.1 Å². The van der Waals surface area contributed by atoms with Gasteiger partial charge in [-0.15, -0.1) is 0 Å². The quantitative estimate of drug-likeness (QED) is 0.0884. The molecule has 2 N–H and O–H groups in total. The van der Waals surface area contributed by atoms with Gasteiger partial charge in [0, 0.05) is 51.5 Å². The molecule has 0 fully saturated rings. The molecule has 0 spiro atoms. The van der Waals surface area contributed by atoms with Crippen LogP contribution in [0, 0.1) is 0 Å². The minimum Gasteiger partial charge on any atom is -0.744 e. The molecule has 4 rings (SSSR count). The van der Waals surface area contributed by atoms with Crippen molar-refractivity contribution in [3.8, 4) is 11.5 Å². The predicted octanol–water partition coefficient (Wildman–Crippen LogP) is -2.36. The molecule has 0 amide bonds. The van der Waals surface area contributed by atoms with Gasteiger partial charge in [0.05, 0.1) is 21.2 Å². The number of hydrogen-bond donors (Lipinski definition) is 2. The standard InChI is InChI=1S/C27H20N2O9S2.Co.2Na/c30-25-10-7-21(39(33,34)35)12-19(25)15-28-23-9-6-18(27(32)17-4-2-1-3-5-17)14-24(23)29-16-20-13-22(40(36,37)38)8-11-26(20)31;;;/h1-16,30-31H,(H,33,34,35)(H,36,37,38);;;/q;;2*+1/p-2. The van der Waals surface area contributed by atoms with Gasteiger partial charge in [0.2, 0.25) is 0 Å². The predicted molar refractivity (Wildman–Crippen MR) is 143 cm³/mol. The summed E-state index contributed by atoms with van der Waals surface area (Å²) in [5, 5.41) is 20.2. The fraction of sp³-hybridized carbons (Fsp3) is 0. The molecule has 0 bridgehead atoms. The third kappa shape index (κ3) is 10.2. The summed E-state index contributed by atoms with van der Waals surface area (Å²) in [4.78, 5) is 20.3. The summed E-state index contributed by atoms with van der Waals surface area (Å²) in [5.74, 6) is -1.09. The smallest absolute Gasteiger partial charge is 0.744 e. The van der Waals surface area contributed by atoms with E-state index in [-0.39, 0.29) is 121 Å². The molecule has 4 aromatic carbocycles. The Morgan fingerprint density at radius 1 is 0.628 bits per heavy atom. The largest absolute Gasteiger partial charge is 1.00 e. The number of nitrogens with zero attached hydrogens (tertiary/aromatic N) is 2. The van der Waals surface area contributed by atoms with E-state index in [0.29, 0.717) is 5.56 Å². The first-order valence-electron chi connectivity index (χ1n) is 11.2. The van der Waals surface area contributed by atoms with Crippen molar-refractivity contribution in [2.75, 3.05) is 0 Å². The summed E-state index contributed by atoms with van der Waals surface area (Å²) in [6.45, 7) is 0. The second kappa shape index (κ2) is 16.2. The topological polar surface area (TPSA) is 197 Å². The van der Waals surface area contributed by atoms with Crippen molar-refractivity contribution < 1.29 is 117 Å². The van der Waals surface area contributed by atoms with Crippen LogP contribution in [0.15, 0.2) is 105 Å². The zero-order valence-corrected chi connectivity index (χ0v) is 29.2. The van der Waals surface area contributed by atoms with Gasteiger partial charge in [0.15, 0.2) is 5.78 Å². The van der Waals surface area contributed by atoms with E-state index in [2.05, 4.69) is 9.98 Å². The van der Waals surface area contributed by atoms with Crippen LogP contribution in [0.1, 0.15) is 27.0 Å². The monoisotopic (exact) mass is 683 g/mol. The molecule has 0 aliphatic rings. The van der Waals surface area contributed by atoms with Gasteiger partial charge in [0.1, 0.15) is 31.7 Å². The van der Waals surface area contributed by atoms with Gasteiger partial charge in [-0.05, 0) is 54.6 Å². The van der Waals surface area contributed by atoms with Crippen LogP contribution in [0.4, 0.5) is 11.4 Å². The number of carbonyl (C=O) groups excluding carboxylic acids is 1. The van der Waals surface area contributed by atoms with E-state index in [0.717, 1.165) is 48.8 Å². The molecule has 11 nitrogen and oxygen atoms in total. The molecule has 0 heterocycles. The fourth-order valence-corrected chi connectivity index (χ4v) is 4.51. The first-order valence-corrected chi connectivity index (χ1v) is 14.0. The maximum Gasteiger partial charge on any atom is 1.00 e. The van der Waals surface area contributed by atoms with E-state index in [9.17, 15) is 40.9 Å². The van der Waals surface area contributed by atoms with Gasteiger partial charge < -0.3 is 19.3 Å². The summed E-state index contributed by atoms with van der Waals surface area (Å²) >= 11 is 0. The van der Waals surface area contributed by atoms with Gasteiger partial charge >= 0.3 is 59.1 Å². The van der Waals surface area contributed by atoms with E-state index < -0.39 is 30.0 Å². The van der Waals surface area contributed by atoms with E-state index in [1.54, 1.807) is 30.3 Å². The molecule has 213 valence electrons. The Bertz CT molecular complexity index is 1900. The molecule has 0 saturated heterocycles. The molecule has 16 heteroatoms. The summed E-state index contributed by atoms with van der Waals surface area (Å²) in [5.41, 5.74) is 0.558. The first kappa shape index (κ1) is 38.8. The van der Waals surface area contributed by atoms with Crippen molar-refractivity contribution in [2.24, 2.45) is 9.98 Å². The van der Waals surface area contributed by atoms with Crippen molar-refractivity contribution >= 4 is 49.8 Å². The minimum atomic E-state index is -4.82. The molecule has 0 aliphatic carbocycles. The second-order valence-electron chi connectivity index (χ2n) is 8.26. The van der Waals surface area contributed by atoms with Crippen LogP contribution in [0.5, 0.6) is 11.5 Å². The second-order valence-corrected chi connectivity index (χ2v) is 11.0. The first-order chi connectivity index (χ1) is 18.8. The van der Waals surface area contributed by atoms with Gasteiger partial charge in [-0.3, -0.25) is 14.8 Å². The number of rotatable bonds is 8. The number of phenolic OH excluding ortho intramolecular Hbond substituents is 2. The van der Waals surface area contributed by atoms with Gasteiger partial charge in [-0.1, -0.05) is 30.3 Å². The summed E-state index contributed by atoms with van der Waals surface area (Å²) in [6, 6.07) is 18.4. The Morgan fingerprint density at radius 3 is 1.56 bits per heavy atom. The zero-order valence-electron chi connectivity index (χ0n) is 22.5. The van der Waals surface area contributed by atoms with Crippen LogP contribution in [-0.4, -0.2) is 54.4 Å². The molecule has 4 aromatic rings. The average molecular weight is 683 g/mol. The summed E-state index contributed by atoms with van der Waals surface area (Å²) in [6.07, 6.45) is 2.15. The number of aromatic hydroxyl groups is 2. The van der Waals surface area contributed by atoms with Crippen LogP contribution in [-0.2, 0) is 37.0 Å². The van der Waals surface area contributed by atoms with Crippen LogP contribution in [0.25, 0.3) is 0 Å². The Kier molecular flexibility index (Phi) is 14.7. The van der Waals surface area contributed by atoms with E-state index in [1.807, 2.05) is 0 Å². The third-order valence-corrected chi connectivity index (χ3v) is 7.20. The Hall–Kier alpha value is -2.18. The molecule has 0 unspecified atom stereocenters. The van der Waals surface area contributed by atoms with Crippen LogP contribution >= 0.6 is 0 Å². The Labute approximate surface area is 302 Å². The molecule has 0 aromatic heterocycles. The fourth-order valence-electron chi connectivity index (χ4n) is 3.49. The molecule has 0 aliphatic heterocycles. The number of carbonyl (C=O) groups is 1. The number of aliphatic imine (C=N–C) groups is 2. The third-order valence-electron chi connectivity index (χ3n) is 5.53. The van der Waals surface area contributed by atoms with E-state index >= 15 is 0 Å². The van der Waals surface area contributed by atoms with Crippen molar-refractivity contribution in [3.63, 3.8) is 0 Å². The Morgan fingerprint density at radius 2 is 1.09 bits per heavy atom. The van der Waals surface area contributed by atoms with E-state index in [4.69, 9.17) is 0 Å². The molecular formula is C27H18CoN2Na2O9S2. The van der Waals surface area contributed by atoms with Crippen molar-refractivity contribution in [1.29, 1.82) is 0 Å². The molecule has 0 saturated carbocycles. The average Bonchev–Trinajstić information content (AvgIpc) is 2.91. The van der Waals surface area contributed by atoms with Crippen molar-refractivity contribution in [3.05, 3.63) is 107 Å². The molecular weight excluding hydrogens is 665 g/mol. The van der Waals surface area contributed by atoms with Crippen molar-refractivity contribution in [2.45, 2.75) is 9.79 Å². The van der Waals surface area contributed by atoms with Crippen molar-refractivity contribution in [1.82, 2.24) is 0 Å². The van der Waals surface area contributed by atoms with Gasteiger partial charge in [-0.2, -0.15) is 0 Å². The minimum absolute atomic E-state index is 0. The molecule has 1 radical (unpaired) electrons. The molecule has 43 heavy (non-hydrogen) atoms. The summed E-state index contributed by atoms with van der Waals surface area (Å²) < 4.78 is 68.3. The van der Waals surface area contributed by atoms with Crippen LogP contribution in [0.2, 0.25) is 0 Å². The normalized spacial score (nSPS) is 11.4. The number of phenols is 2. The number of hydrogen-bond acceptors (Lipinski definition) is 11. The number of ketones is 1. The van der Waals surface area contributed by atoms with Crippen LogP contribution in [0.3, 0.4) is 0 Å². The SMILES string of the molecule is O=C(c1ccccc1)c1ccc(N=Cc2cc(S(=O)(=O)[O-])ccc2O)c(N=Cc2cc(S(=O)(=O)[O-])ccc2O)c1.[Co].[Na+].[Na+]. The maximum absolute atomic E-state index is 13.0. The Balaban J connectivity index is 0.00000308.